The van der Waals surface area contributed by atoms with Crippen molar-refractivity contribution in [3.05, 3.63) is 27.6 Å². The second-order valence-electron chi connectivity index (χ2n) is 4.66. The van der Waals surface area contributed by atoms with Crippen LogP contribution < -0.4 is 9.47 Å². The van der Waals surface area contributed by atoms with E-state index in [0.29, 0.717) is 35.3 Å². The van der Waals surface area contributed by atoms with Crippen molar-refractivity contribution in [1.82, 2.24) is 4.90 Å². The Labute approximate surface area is 149 Å². The molecule has 24 heavy (non-hydrogen) atoms. The lowest BCUT2D eigenvalue weighted by Gasteiger charge is -2.13. The van der Waals surface area contributed by atoms with E-state index in [-0.39, 0.29) is 11.4 Å². The fourth-order valence-corrected chi connectivity index (χ4v) is 3.10. The van der Waals surface area contributed by atoms with Gasteiger partial charge in [0.25, 0.3) is 11.1 Å². The SMILES string of the molecule is C#CCN1C(=O)S/C(=C/c2cc(OCC)c(OCC)cc2Cl)C1=O. The van der Waals surface area contributed by atoms with Crippen molar-refractivity contribution < 1.29 is 19.1 Å². The molecule has 1 aromatic carbocycles. The van der Waals surface area contributed by atoms with E-state index in [1.54, 1.807) is 18.2 Å². The fourth-order valence-electron chi connectivity index (χ4n) is 2.07. The first-order chi connectivity index (χ1) is 11.5. The van der Waals surface area contributed by atoms with Crippen LogP contribution in [0.15, 0.2) is 17.0 Å². The number of terminal acetylenes is 1. The molecule has 1 fully saturated rings. The third-order valence-electron chi connectivity index (χ3n) is 3.07. The summed E-state index contributed by atoms with van der Waals surface area (Å²) in [5.74, 6) is 2.92. The highest BCUT2D eigenvalue weighted by Gasteiger charge is 2.34. The van der Waals surface area contributed by atoms with Gasteiger partial charge in [-0.25, -0.2) is 0 Å². The number of benzene rings is 1. The number of hydrogen-bond donors (Lipinski definition) is 0. The molecule has 0 aromatic heterocycles. The van der Waals surface area contributed by atoms with Crippen LogP contribution in [0.3, 0.4) is 0 Å². The molecule has 0 spiro atoms. The molecule has 2 amide bonds. The number of carbonyl (C=O) groups excluding carboxylic acids is 2. The van der Waals surface area contributed by atoms with E-state index >= 15 is 0 Å². The van der Waals surface area contributed by atoms with Crippen LogP contribution in [0, 0.1) is 12.3 Å². The normalized spacial score (nSPS) is 15.8. The van der Waals surface area contributed by atoms with Crippen LogP contribution in [-0.2, 0) is 4.79 Å². The molecule has 1 heterocycles. The van der Waals surface area contributed by atoms with Gasteiger partial charge >= 0.3 is 0 Å². The average Bonchev–Trinajstić information content (AvgIpc) is 2.80. The van der Waals surface area contributed by atoms with E-state index in [2.05, 4.69) is 5.92 Å². The molecule has 0 atom stereocenters. The maximum Gasteiger partial charge on any atom is 0.294 e. The Morgan fingerprint density at radius 3 is 2.46 bits per heavy atom. The molecule has 2 rings (SSSR count). The van der Waals surface area contributed by atoms with Crippen molar-refractivity contribution in [3.8, 4) is 23.8 Å². The molecule has 0 radical (unpaired) electrons. The predicted molar refractivity (Wildman–Crippen MR) is 95.3 cm³/mol. The summed E-state index contributed by atoms with van der Waals surface area (Å²) in [4.78, 5) is 25.3. The third-order valence-corrected chi connectivity index (χ3v) is 4.31. The third kappa shape index (κ3) is 3.86. The molecule has 126 valence electrons. The van der Waals surface area contributed by atoms with Gasteiger partial charge in [-0.2, -0.15) is 0 Å². The molecule has 7 heteroatoms. The van der Waals surface area contributed by atoms with E-state index in [4.69, 9.17) is 27.5 Å². The van der Waals surface area contributed by atoms with Gasteiger partial charge in [-0.05, 0) is 43.3 Å². The minimum atomic E-state index is -0.425. The zero-order valence-electron chi connectivity index (χ0n) is 13.3. The first-order valence-electron chi connectivity index (χ1n) is 7.29. The Morgan fingerprint density at radius 2 is 1.88 bits per heavy atom. The van der Waals surface area contributed by atoms with Gasteiger partial charge in [0.1, 0.15) is 0 Å². The van der Waals surface area contributed by atoms with Gasteiger partial charge in [0.2, 0.25) is 0 Å². The van der Waals surface area contributed by atoms with E-state index in [9.17, 15) is 9.59 Å². The molecular formula is C17H16ClNO4S. The van der Waals surface area contributed by atoms with Crippen molar-refractivity contribution in [1.29, 1.82) is 0 Å². The lowest BCUT2D eigenvalue weighted by Crippen LogP contribution is -2.28. The molecular weight excluding hydrogens is 350 g/mol. The van der Waals surface area contributed by atoms with Crippen molar-refractivity contribution in [2.24, 2.45) is 0 Å². The number of halogens is 1. The second-order valence-corrected chi connectivity index (χ2v) is 6.06. The summed E-state index contributed by atoms with van der Waals surface area (Å²) in [5, 5.41) is 0.00180. The van der Waals surface area contributed by atoms with Gasteiger partial charge in [-0.15, -0.1) is 6.42 Å². The number of nitrogens with zero attached hydrogens (tertiary/aromatic N) is 1. The number of ether oxygens (including phenoxy) is 2. The van der Waals surface area contributed by atoms with Crippen molar-refractivity contribution >= 4 is 40.6 Å². The Hall–Kier alpha value is -2.10. The number of amides is 2. The van der Waals surface area contributed by atoms with Gasteiger partial charge in [0, 0.05) is 6.07 Å². The van der Waals surface area contributed by atoms with Crippen LogP contribution >= 0.6 is 23.4 Å². The Balaban J connectivity index is 2.39. The number of hydrogen-bond acceptors (Lipinski definition) is 5. The van der Waals surface area contributed by atoms with Crippen LogP contribution in [0.4, 0.5) is 4.79 Å². The summed E-state index contributed by atoms with van der Waals surface area (Å²) < 4.78 is 11.0. The van der Waals surface area contributed by atoms with E-state index in [1.165, 1.54) is 0 Å². The topological polar surface area (TPSA) is 55.8 Å². The van der Waals surface area contributed by atoms with Crippen LogP contribution in [0.5, 0.6) is 11.5 Å². The van der Waals surface area contributed by atoms with Crippen LogP contribution in [0.25, 0.3) is 6.08 Å². The largest absolute Gasteiger partial charge is 0.490 e. The molecule has 1 aliphatic heterocycles. The summed E-state index contributed by atoms with van der Waals surface area (Å²) in [5.41, 5.74) is 0.565. The predicted octanol–water partition coefficient (Wildman–Crippen LogP) is 3.81. The fraction of sp³-hybridized carbons (Fsp3) is 0.294. The smallest absolute Gasteiger partial charge is 0.294 e. The maximum absolute atomic E-state index is 12.2. The van der Waals surface area contributed by atoms with Gasteiger partial charge < -0.3 is 9.47 Å². The van der Waals surface area contributed by atoms with E-state index < -0.39 is 11.1 Å². The molecule has 0 aliphatic carbocycles. The summed E-state index contributed by atoms with van der Waals surface area (Å²) in [6, 6.07) is 3.32. The average molecular weight is 366 g/mol. The summed E-state index contributed by atoms with van der Waals surface area (Å²) in [6.45, 7) is 4.60. The van der Waals surface area contributed by atoms with Gasteiger partial charge in [-0.1, -0.05) is 17.5 Å². The highest BCUT2D eigenvalue weighted by atomic mass is 35.5. The van der Waals surface area contributed by atoms with Crippen LogP contribution in [-0.4, -0.2) is 35.8 Å². The summed E-state index contributed by atoms with van der Waals surface area (Å²) in [7, 11) is 0. The molecule has 0 bridgehead atoms. The van der Waals surface area contributed by atoms with E-state index in [0.717, 1.165) is 16.7 Å². The Kier molecular flexibility index (Phi) is 6.18. The molecule has 0 N–H and O–H groups in total. The number of imide groups is 1. The Morgan fingerprint density at radius 1 is 1.25 bits per heavy atom. The monoisotopic (exact) mass is 365 g/mol. The van der Waals surface area contributed by atoms with Gasteiger partial charge in [-0.3, -0.25) is 14.5 Å². The second kappa shape index (κ2) is 8.13. The lowest BCUT2D eigenvalue weighted by molar-refractivity contribution is -0.122. The van der Waals surface area contributed by atoms with Crippen LogP contribution in [0.1, 0.15) is 19.4 Å². The minimum Gasteiger partial charge on any atom is -0.490 e. The minimum absolute atomic E-state index is 0.0524. The molecule has 1 aromatic rings. The lowest BCUT2D eigenvalue weighted by atomic mass is 10.1. The summed E-state index contributed by atoms with van der Waals surface area (Å²) >= 11 is 7.10. The number of carbonyl (C=O) groups is 2. The molecule has 0 saturated carbocycles. The van der Waals surface area contributed by atoms with Crippen molar-refractivity contribution in [2.75, 3.05) is 19.8 Å². The first-order valence-corrected chi connectivity index (χ1v) is 8.49. The first kappa shape index (κ1) is 18.2. The Bertz CT molecular complexity index is 739. The van der Waals surface area contributed by atoms with Gasteiger partial charge in [0.15, 0.2) is 11.5 Å². The highest BCUT2D eigenvalue weighted by molar-refractivity contribution is 8.18. The summed E-state index contributed by atoms with van der Waals surface area (Å²) in [6.07, 6.45) is 6.73. The zero-order valence-corrected chi connectivity index (χ0v) is 14.9. The standard InChI is InChI=1S/C17H16ClNO4S/c1-4-7-19-16(20)15(24-17(19)21)9-11-8-13(22-5-2)14(23-6-3)10-12(11)18/h1,8-10H,5-7H2,2-3H3/b15-9+. The molecule has 1 saturated heterocycles. The van der Waals surface area contributed by atoms with Crippen molar-refractivity contribution in [2.45, 2.75) is 13.8 Å². The molecule has 1 aliphatic rings. The number of rotatable bonds is 6. The maximum atomic E-state index is 12.2. The molecule has 0 unspecified atom stereocenters. The van der Waals surface area contributed by atoms with Crippen LogP contribution in [0.2, 0.25) is 5.02 Å². The quantitative estimate of drug-likeness (QED) is 0.566. The van der Waals surface area contributed by atoms with Crippen molar-refractivity contribution in [3.63, 3.8) is 0 Å². The van der Waals surface area contributed by atoms with E-state index in [1.807, 2.05) is 13.8 Å². The number of thioether (sulfide) groups is 1. The highest BCUT2D eigenvalue weighted by Crippen LogP contribution is 2.37. The van der Waals surface area contributed by atoms with Gasteiger partial charge in [0.05, 0.1) is 29.7 Å². The molecule has 5 nitrogen and oxygen atoms in total. The zero-order chi connectivity index (χ0) is 17.7.